The van der Waals surface area contributed by atoms with Crippen molar-refractivity contribution < 1.29 is 18.7 Å². The second-order valence-corrected chi connectivity index (χ2v) is 8.33. The van der Waals surface area contributed by atoms with E-state index in [-0.39, 0.29) is 49.1 Å². The predicted molar refractivity (Wildman–Crippen MR) is 113 cm³/mol. The summed E-state index contributed by atoms with van der Waals surface area (Å²) >= 11 is 0. The number of hydrogen-bond donors (Lipinski definition) is 1. The number of halogens is 1. The zero-order valence-corrected chi connectivity index (χ0v) is 18.8. The quantitative estimate of drug-likeness (QED) is 0.683. The molecule has 2 unspecified atom stereocenters. The van der Waals surface area contributed by atoms with Gasteiger partial charge in [0.2, 0.25) is 0 Å². The Labute approximate surface area is 181 Å². The van der Waals surface area contributed by atoms with Gasteiger partial charge >= 0.3 is 0 Å². The second-order valence-electron chi connectivity index (χ2n) is 8.33. The number of carbonyl (C=O) groups is 2. The van der Waals surface area contributed by atoms with Crippen molar-refractivity contribution in [2.75, 3.05) is 20.3 Å². The average Bonchev–Trinajstić information content (AvgIpc) is 3.38. The Balaban J connectivity index is 1.75. The molecule has 170 valence electrons. The molecule has 2 aromatic rings. The van der Waals surface area contributed by atoms with Gasteiger partial charge in [-0.3, -0.25) is 9.59 Å². The fourth-order valence-corrected chi connectivity index (χ4v) is 4.02. The molecule has 0 spiro atoms. The Morgan fingerprint density at radius 2 is 2.10 bits per heavy atom. The van der Waals surface area contributed by atoms with Crippen LogP contribution in [0.3, 0.4) is 0 Å². The minimum absolute atomic E-state index is 0.0178. The van der Waals surface area contributed by atoms with Gasteiger partial charge in [-0.15, -0.1) is 5.10 Å². The number of nitrogens with one attached hydrogen (secondary N) is 1. The van der Waals surface area contributed by atoms with E-state index in [0.717, 1.165) is 11.4 Å². The lowest BCUT2D eigenvalue weighted by molar-refractivity contribution is 0.0713. The number of rotatable bonds is 8. The monoisotopic (exact) mass is 434 g/mol. The molecule has 1 saturated heterocycles. The van der Waals surface area contributed by atoms with Crippen LogP contribution in [0.25, 0.3) is 0 Å². The Hall–Kier alpha value is -2.75. The van der Waals surface area contributed by atoms with Crippen molar-refractivity contribution in [1.29, 1.82) is 0 Å². The van der Waals surface area contributed by atoms with E-state index in [1.54, 1.807) is 12.0 Å². The van der Waals surface area contributed by atoms with Gasteiger partial charge in [-0.05, 0) is 33.8 Å². The van der Waals surface area contributed by atoms with Crippen LogP contribution in [0, 0.1) is 13.8 Å². The van der Waals surface area contributed by atoms with Gasteiger partial charge in [0.15, 0.2) is 5.69 Å². The van der Waals surface area contributed by atoms with E-state index in [4.69, 9.17) is 4.74 Å². The molecule has 9 nitrogen and oxygen atoms in total. The number of carbonyl (C=O) groups excluding carboxylic acids is 2. The molecule has 0 aromatic carbocycles. The first-order valence-corrected chi connectivity index (χ1v) is 10.5. The van der Waals surface area contributed by atoms with Crippen LogP contribution in [0.2, 0.25) is 0 Å². The van der Waals surface area contributed by atoms with Crippen LogP contribution in [-0.4, -0.2) is 74.8 Å². The molecule has 0 aliphatic carbocycles. The summed E-state index contributed by atoms with van der Waals surface area (Å²) in [7, 11) is 1.64. The number of amides is 2. The number of methoxy groups -OCH3 is 1. The normalized spacial score (nSPS) is 18.7. The molecule has 0 saturated carbocycles. The molecule has 3 rings (SSSR count). The Morgan fingerprint density at radius 1 is 1.35 bits per heavy atom. The number of ether oxygens (including phenoxy) is 1. The number of likely N-dealkylation sites (tertiary alicyclic amines) is 1. The summed E-state index contributed by atoms with van der Waals surface area (Å²) in [6.45, 7) is 9.06. The van der Waals surface area contributed by atoms with Crippen molar-refractivity contribution in [3.63, 3.8) is 0 Å². The Kier molecular flexibility index (Phi) is 7.09. The molecule has 0 radical (unpaired) electrons. The molecule has 2 amide bonds. The van der Waals surface area contributed by atoms with E-state index in [1.807, 2.05) is 38.3 Å². The molecular formula is C21H31FN6O3. The summed E-state index contributed by atoms with van der Waals surface area (Å²) in [6, 6.07) is 1.46. The zero-order valence-electron chi connectivity index (χ0n) is 18.8. The molecule has 31 heavy (non-hydrogen) atoms. The molecule has 0 bridgehead atoms. The highest BCUT2D eigenvalue weighted by Crippen LogP contribution is 2.26. The smallest absolute Gasteiger partial charge is 0.273 e. The van der Waals surface area contributed by atoms with Crippen LogP contribution in [0.4, 0.5) is 4.39 Å². The van der Waals surface area contributed by atoms with E-state index in [2.05, 4.69) is 15.6 Å². The van der Waals surface area contributed by atoms with Crippen molar-refractivity contribution in [3.05, 3.63) is 34.9 Å². The molecular weight excluding hydrogens is 403 g/mol. The lowest BCUT2D eigenvalue weighted by Crippen LogP contribution is -2.38. The standard InChI is InChI=1S/C21H31FN6O3/c1-13(2)23-20(29)19-12-26(25-24-19)11-17-9-16(22)10-28(17)21(30)18-8-14(3)27(15(18)4)6-7-31-5/h8,12-13,16-17H,6-7,9-11H2,1-5H3,(H,23,29). The van der Waals surface area contributed by atoms with Crippen LogP contribution in [-0.2, 0) is 17.8 Å². The van der Waals surface area contributed by atoms with Crippen LogP contribution in [0.15, 0.2) is 12.3 Å². The number of aromatic nitrogens is 4. The number of aryl methyl sites for hydroxylation is 1. The third-order valence-electron chi connectivity index (χ3n) is 5.54. The van der Waals surface area contributed by atoms with Gasteiger partial charge < -0.3 is 19.5 Å². The first kappa shape index (κ1) is 22.9. The van der Waals surface area contributed by atoms with Crippen molar-refractivity contribution in [1.82, 2.24) is 29.8 Å². The number of alkyl halides is 1. The van der Waals surface area contributed by atoms with Gasteiger partial charge in [0, 0.05) is 37.5 Å². The minimum atomic E-state index is -1.10. The Morgan fingerprint density at radius 3 is 2.77 bits per heavy atom. The van der Waals surface area contributed by atoms with Gasteiger partial charge in [0.05, 0.1) is 37.5 Å². The van der Waals surface area contributed by atoms with Gasteiger partial charge in [-0.1, -0.05) is 5.21 Å². The zero-order chi connectivity index (χ0) is 22.7. The van der Waals surface area contributed by atoms with Crippen LogP contribution in [0.1, 0.15) is 52.5 Å². The molecule has 1 fully saturated rings. The maximum atomic E-state index is 14.3. The van der Waals surface area contributed by atoms with E-state index in [9.17, 15) is 14.0 Å². The highest BCUT2D eigenvalue weighted by atomic mass is 19.1. The van der Waals surface area contributed by atoms with Crippen LogP contribution < -0.4 is 5.32 Å². The fourth-order valence-electron chi connectivity index (χ4n) is 4.02. The number of nitrogens with zero attached hydrogens (tertiary/aromatic N) is 5. The van der Waals surface area contributed by atoms with Crippen molar-refractivity contribution in [3.8, 4) is 0 Å². The van der Waals surface area contributed by atoms with Gasteiger partial charge in [-0.25, -0.2) is 9.07 Å². The van der Waals surface area contributed by atoms with Crippen molar-refractivity contribution in [2.45, 2.75) is 65.5 Å². The SMILES string of the molecule is COCCn1c(C)cc(C(=O)N2CC(F)CC2Cn2cc(C(=O)NC(C)C)nn2)c1C. The summed E-state index contributed by atoms with van der Waals surface area (Å²) in [5.74, 6) is -0.507. The van der Waals surface area contributed by atoms with E-state index >= 15 is 0 Å². The lowest BCUT2D eigenvalue weighted by Gasteiger charge is -2.24. The first-order chi connectivity index (χ1) is 14.7. The predicted octanol–water partition coefficient (Wildman–Crippen LogP) is 1.73. The fraction of sp³-hybridized carbons (Fsp3) is 0.619. The maximum Gasteiger partial charge on any atom is 0.273 e. The summed E-state index contributed by atoms with van der Waals surface area (Å²) in [6.07, 6.45) is 0.655. The summed E-state index contributed by atoms with van der Waals surface area (Å²) in [5, 5.41) is 10.7. The highest BCUT2D eigenvalue weighted by molar-refractivity contribution is 5.96. The van der Waals surface area contributed by atoms with Crippen molar-refractivity contribution >= 4 is 11.8 Å². The minimum Gasteiger partial charge on any atom is -0.383 e. The topological polar surface area (TPSA) is 94.3 Å². The number of hydrogen-bond acceptors (Lipinski definition) is 5. The van der Waals surface area contributed by atoms with E-state index in [1.165, 1.54) is 10.9 Å². The van der Waals surface area contributed by atoms with E-state index < -0.39 is 6.17 Å². The van der Waals surface area contributed by atoms with Crippen LogP contribution >= 0.6 is 0 Å². The van der Waals surface area contributed by atoms with E-state index in [0.29, 0.717) is 18.7 Å². The van der Waals surface area contributed by atoms with Gasteiger partial charge in [0.1, 0.15) is 6.17 Å². The summed E-state index contributed by atoms with van der Waals surface area (Å²) < 4.78 is 23.0. The first-order valence-electron chi connectivity index (χ1n) is 10.5. The molecule has 10 heteroatoms. The summed E-state index contributed by atoms with van der Waals surface area (Å²) in [4.78, 5) is 27.0. The molecule has 1 N–H and O–H groups in total. The third kappa shape index (κ3) is 5.12. The van der Waals surface area contributed by atoms with Crippen molar-refractivity contribution in [2.24, 2.45) is 0 Å². The molecule has 1 aliphatic rings. The highest BCUT2D eigenvalue weighted by Gasteiger charge is 2.37. The largest absolute Gasteiger partial charge is 0.383 e. The van der Waals surface area contributed by atoms with Gasteiger partial charge in [-0.2, -0.15) is 0 Å². The average molecular weight is 435 g/mol. The van der Waals surface area contributed by atoms with Crippen LogP contribution in [0.5, 0.6) is 0 Å². The molecule has 3 heterocycles. The third-order valence-corrected chi connectivity index (χ3v) is 5.54. The molecule has 2 atom stereocenters. The maximum absolute atomic E-state index is 14.3. The molecule has 1 aliphatic heterocycles. The lowest BCUT2D eigenvalue weighted by atomic mass is 10.1. The summed E-state index contributed by atoms with van der Waals surface area (Å²) in [5.41, 5.74) is 2.57. The Bertz CT molecular complexity index is 938. The molecule has 2 aromatic heterocycles. The van der Waals surface area contributed by atoms with Gasteiger partial charge in [0.25, 0.3) is 11.8 Å². The second kappa shape index (κ2) is 9.59.